The smallest absolute Gasteiger partial charge is 0.261 e. The van der Waals surface area contributed by atoms with E-state index in [1.54, 1.807) is 54.9 Å². The summed E-state index contributed by atoms with van der Waals surface area (Å²) in [6, 6.07) is 11.8. The molecule has 1 N–H and O–H groups in total. The van der Waals surface area contributed by atoms with Crippen LogP contribution in [0.1, 0.15) is 48.0 Å². The number of carbonyl (C=O) groups excluding carboxylic acids is 3. The molecule has 0 saturated carbocycles. The zero-order valence-electron chi connectivity index (χ0n) is 17.8. The summed E-state index contributed by atoms with van der Waals surface area (Å²) in [5.41, 5.74) is 2.72. The fourth-order valence-electron chi connectivity index (χ4n) is 3.53. The highest BCUT2D eigenvalue weighted by Crippen LogP contribution is 2.26. The number of nitrogens with zero attached hydrogens (tertiary/aromatic N) is 3. The Balaban J connectivity index is 1.46. The van der Waals surface area contributed by atoms with Gasteiger partial charge in [0, 0.05) is 25.4 Å². The van der Waals surface area contributed by atoms with Gasteiger partial charge in [0.05, 0.1) is 30.3 Å². The van der Waals surface area contributed by atoms with Crippen molar-refractivity contribution >= 4 is 17.7 Å². The minimum absolute atomic E-state index is 0.0633. The van der Waals surface area contributed by atoms with Crippen LogP contribution in [0.25, 0.3) is 0 Å². The molecule has 1 aliphatic rings. The number of ether oxygens (including phenoxy) is 1. The van der Waals surface area contributed by atoms with Crippen LogP contribution in [0.15, 0.2) is 54.9 Å². The van der Waals surface area contributed by atoms with E-state index in [2.05, 4.69) is 15.3 Å². The van der Waals surface area contributed by atoms with Crippen LogP contribution in [-0.2, 0) is 13.0 Å². The number of aryl methyl sites for hydroxylation is 1. The minimum Gasteiger partial charge on any atom is -0.496 e. The molecule has 162 valence electrons. The summed E-state index contributed by atoms with van der Waals surface area (Å²) < 4.78 is 5.33. The van der Waals surface area contributed by atoms with Crippen LogP contribution in [0.5, 0.6) is 5.75 Å². The fraction of sp³-hybridized carbons (Fsp3) is 0.208. The van der Waals surface area contributed by atoms with Crippen LogP contribution < -0.4 is 10.1 Å². The van der Waals surface area contributed by atoms with Crippen LogP contribution in [0.4, 0.5) is 0 Å². The Morgan fingerprint density at radius 2 is 1.69 bits per heavy atom. The van der Waals surface area contributed by atoms with Crippen LogP contribution in [0.2, 0.25) is 0 Å². The number of methoxy groups -OCH3 is 1. The lowest BCUT2D eigenvalue weighted by Crippen LogP contribution is -2.30. The second-order valence-electron chi connectivity index (χ2n) is 7.46. The summed E-state index contributed by atoms with van der Waals surface area (Å²) in [7, 11) is 1.48. The zero-order valence-corrected chi connectivity index (χ0v) is 17.8. The number of amides is 3. The molecule has 0 aliphatic carbocycles. The van der Waals surface area contributed by atoms with Crippen LogP contribution in [-0.4, -0.2) is 46.2 Å². The van der Waals surface area contributed by atoms with Gasteiger partial charge in [-0.1, -0.05) is 18.2 Å². The lowest BCUT2D eigenvalue weighted by molar-refractivity contribution is 0.0642. The lowest BCUT2D eigenvalue weighted by atomic mass is 10.1. The Bertz CT molecular complexity index is 1160. The first-order valence-electron chi connectivity index (χ1n) is 10.2. The summed E-state index contributed by atoms with van der Waals surface area (Å²) in [5, 5.41) is 2.84. The molecule has 2 aromatic carbocycles. The van der Waals surface area contributed by atoms with Gasteiger partial charge in [-0.2, -0.15) is 0 Å². The van der Waals surface area contributed by atoms with Crippen LogP contribution >= 0.6 is 0 Å². The molecule has 3 aromatic rings. The predicted molar refractivity (Wildman–Crippen MR) is 116 cm³/mol. The Hall–Kier alpha value is -4.07. The molecule has 0 spiro atoms. The van der Waals surface area contributed by atoms with Crippen molar-refractivity contribution < 1.29 is 19.1 Å². The molecule has 1 aliphatic heterocycles. The summed E-state index contributed by atoms with van der Waals surface area (Å²) in [4.78, 5) is 47.7. The second kappa shape index (κ2) is 8.97. The Morgan fingerprint density at radius 1 is 1.03 bits per heavy atom. The van der Waals surface area contributed by atoms with E-state index in [0.717, 1.165) is 5.56 Å². The number of fused-ring (bicyclic) bond motifs is 1. The Kier molecular flexibility index (Phi) is 5.93. The van der Waals surface area contributed by atoms with Gasteiger partial charge < -0.3 is 10.1 Å². The largest absolute Gasteiger partial charge is 0.496 e. The topological polar surface area (TPSA) is 101 Å². The van der Waals surface area contributed by atoms with E-state index < -0.39 is 0 Å². The molecule has 3 amide bonds. The van der Waals surface area contributed by atoms with Crippen molar-refractivity contribution in [2.75, 3.05) is 13.7 Å². The highest BCUT2D eigenvalue weighted by atomic mass is 16.5. The van der Waals surface area contributed by atoms with E-state index in [1.165, 1.54) is 12.0 Å². The molecule has 0 unspecified atom stereocenters. The molecule has 2 heterocycles. The number of aromatic nitrogens is 2. The normalized spacial score (nSPS) is 12.6. The van der Waals surface area contributed by atoms with Gasteiger partial charge in [0.1, 0.15) is 11.6 Å². The number of hydrogen-bond donors (Lipinski definition) is 1. The first-order valence-corrected chi connectivity index (χ1v) is 10.2. The zero-order chi connectivity index (χ0) is 22.7. The first-order chi connectivity index (χ1) is 15.5. The first kappa shape index (κ1) is 21.2. The maximum atomic E-state index is 12.8. The third kappa shape index (κ3) is 4.20. The summed E-state index contributed by atoms with van der Waals surface area (Å²) in [6.45, 7) is 2.33. The molecule has 0 radical (unpaired) electrons. The van der Waals surface area contributed by atoms with Crippen LogP contribution in [0.3, 0.4) is 0 Å². The molecule has 8 nitrogen and oxygen atoms in total. The Morgan fingerprint density at radius 3 is 2.31 bits per heavy atom. The number of nitrogens with one attached hydrogen (secondary N) is 1. The summed E-state index contributed by atoms with van der Waals surface area (Å²) in [6.07, 6.45) is 3.95. The van der Waals surface area contributed by atoms with Gasteiger partial charge in [0.25, 0.3) is 17.7 Å². The standard InChI is InChI=1S/C24H22N4O4/c1-15-12-26-21(27-13-15)9-10-25-22(29)19-11-16(7-8-20(19)32-2)14-28-23(30)17-5-3-4-6-18(17)24(28)31/h3-8,11-13H,9-10,14H2,1-2H3,(H,25,29). The van der Waals surface area contributed by atoms with Gasteiger partial charge in [-0.15, -0.1) is 0 Å². The molecule has 32 heavy (non-hydrogen) atoms. The Labute approximate surface area is 185 Å². The number of carbonyl (C=O) groups is 3. The molecule has 4 rings (SSSR count). The molecule has 0 fully saturated rings. The molecule has 0 atom stereocenters. The van der Waals surface area contributed by atoms with E-state index in [9.17, 15) is 14.4 Å². The average Bonchev–Trinajstić information content (AvgIpc) is 3.05. The lowest BCUT2D eigenvalue weighted by Gasteiger charge is -2.16. The van der Waals surface area contributed by atoms with Gasteiger partial charge in [-0.25, -0.2) is 9.97 Å². The van der Waals surface area contributed by atoms with Crippen molar-refractivity contribution in [3.63, 3.8) is 0 Å². The maximum absolute atomic E-state index is 12.8. The number of rotatable bonds is 7. The molecule has 8 heteroatoms. The van der Waals surface area contributed by atoms with Gasteiger partial charge in [-0.3, -0.25) is 19.3 Å². The number of hydrogen-bond acceptors (Lipinski definition) is 6. The molecule has 1 aromatic heterocycles. The highest BCUT2D eigenvalue weighted by Gasteiger charge is 2.35. The van der Waals surface area contributed by atoms with E-state index in [1.807, 2.05) is 6.92 Å². The molecule has 0 bridgehead atoms. The van der Waals surface area contributed by atoms with E-state index in [4.69, 9.17) is 4.74 Å². The maximum Gasteiger partial charge on any atom is 0.261 e. The van der Waals surface area contributed by atoms with E-state index >= 15 is 0 Å². The third-order valence-corrected chi connectivity index (χ3v) is 5.20. The number of benzene rings is 2. The van der Waals surface area contributed by atoms with Crippen LogP contribution in [0, 0.1) is 6.92 Å². The van der Waals surface area contributed by atoms with E-state index in [0.29, 0.717) is 46.8 Å². The van der Waals surface area contributed by atoms with Crippen molar-refractivity contribution in [3.8, 4) is 5.75 Å². The second-order valence-corrected chi connectivity index (χ2v) is 7.46. The van der Waals surface area contributed by atoms with Gasteiger partial charge in [0.15, 0.2) is 0 Å². The molecular weight excluding hydrogens is 408 g/mol. The van der Waals surface area contributed by atoms with Crippen molar-refractivity contribution in [2.45, 2.75) is 19.9 Å². The SMILES string of the molecule is COc1ccc(CN2C(=O)c3ccccc3C2=O)cc1C(=O)NCCc1ncc(C)cn1. The van der Waals surface area contributed by atoms with E-state index in [-0.39, 0.29) is 24.3 Å². The van der Waals surface area contributed by atoms with Crippen molar-refractivity contribution in [3.05, 3.63) is 88.5 Å². The highest BCUT2D eigenvalue weighted by molar-refractivity contribution is 6.21. The average molecular weight is 430 g/mol. The van der Waals surface area contributed by atoms with Crippen molar-refractivity contribution in [1.29, 1.82) is 0 Å². The summed E-state index contributed by atoms with van der Waals surface area (Å²) >= 11 is 0. The molecular formula is C24H22N4O4. The van der Waals surface area contributed by atoms with Gasteiger partial charge >= 0.3 is 0 Å². The number of imide groups is 1. The fourth-order valence-corrected chi connectivity index (χ4v) is 3.53. The van der Waals surface area contributed by atoms with Gasteiger partial charge in [-0.05, 0) is 42.3 Å². The molecule has 0 saturated heterocycles. The summed E-state index contributed by atoms with van der Waals surface area (Å²) in [5.74, 6) is 0.0386. The third-order valence-electron chi connectivity index (χ3n) is 5.20. The predicted octanol–water partition coefficient (Wildman–Crippen LogP) is 2.56. The quantitative estimate of drug-likeness (QED) is 0.578. The van der Waals surface area contributed by atoms with Gasteiger partial charge in [0.2, 0.25) is 0 Å². The minimum atomic E-state index is -0.342. The van der Waals surface area contributed by atoms with Crippen molar-refractivity contribution in [2.24, 2.45) is 0 Å². The monoisotopic (exact) mass is 430 g/mol. The van der Waals surface area contributed by atoms with Crippen molar-refractivity contribution in [1.82, 2.24) is 20.2 Å².